The van der Waals surface area contributed by atoms with Gasteiger partial charge in [-0.05, 0) is 30.2 Å². The van der Waals surface area contributed by atoms with Crippen LogP contribution in [0.3, 0.4) is 0 Å². The molecule has 0 aromatic heterocycles. The SMILES string of the molecule is NC(=O)CC[C@H]1N[C@]2(C(=O)Nc3c(Cl)cccc32)[C@@H]2C(=O)N(Cc3ccc(F)cc3)C(=O)[C@@H]21. The van der Waals surface area contributed by atoms with Crippen LogP contribution in [-0.4, -0.2) is 34.6 Å². The molecule has 33 heavy (non-hydrogen) atoms. The fourth-order valence-electron chi connectivity index (χ4n) is 5.33. The van der Waals surface area contributed by atoms with Gasteiger partial charge in [-0.1, -0.05) is 35.9 Å². The number of anilines is 1. The van der Waals surface area contributed by atoms with Crippen LogP contribution in [0.4, 0.5) is 10.1 Å². The van der Waals surface area contributed by atoms with Gasteiger partial charge in [0.05, 0.1) is 29.1 Å². The number of hydrogen-bond acceptors (Lipinski definition) is 5. The molecule has 4 atom stereocenters. The zero-order valence-corrected chi connectivity index (χ0v) is 18.1. The Morgan fingerprint density at radius 3 is 2.55 bits per heavy atom. The first-order chi connectivity index (χ1) is 15.7. The molecule has 4 N–H and O–H groups in total. The number of nitrogens with one attached hydrogen (secondary N) is 2. The summed E-state index contributed by atoms with van der Waals surface area (Å²) >= 11 is 6.30. The maximum atomic E-state index is 13.6. The summed E-state index contributed by atoms with van der Waals surface area (Å²) in [5.41, 5.74) is 5.28. The minimum absolute atomic E-state index is 0.0135. The number of likely N-dealkylation sites (tertiary alicyclic amines) is 1. The van der Waals surface area contributed by atoms with Gasteiger partial charge in [0, 0.05) is 18.0 Å². The van der Waals surface area contributed by atoms with E-state index in [0.29, 0.717) is 21.8 Å². The minimum Gasteiger partial charge on any atom is -0.370 e. The van der Waals surface area contributed by atoms with Crippen LogP contribution < -0.4 is 16.4 Å². The molecule has 2 fully saturated rings. The molecule has 1 spiro atoms. The van der Waals surface area contributed by atoms with E-state index in [1.54, 1.807) is 18.2 Å². The van der Waals surface area contributed by atoms with Crippen molar-refractivity contribution in [3.8, 4) is 0 Å². The Bertz CT molecular complexity index is 1200. The number of primary amides is 1. The van der Waals surface area contributed by atoms with Crippen molar-refractivity contribution in [3.63, 3.8) is 0 Å². The van der Waals surface area contributed by atoms with Gasteiger partial charge in [-0.2, -0.15) is 0 Å². The first kappa shape index (κ1) is 21.5. The van der Waals surface area contributed by atoms with Gasteiger partial charge >= 0.3 is 0 Å². The van der Waals surface area contributed by atoms with E-state index in [-0.39, 0.29) is 19.4 Å². The maximum Gasteiger partial charge on any atom is 0.250 e. The van der Waals surface area contributed by atoms with Crippen molar-refractivity contribution in [2.75, 3.05) is 5.32 Å². The van der Waals surface area contributed by atoms with Crippen LogP contribution in [0.25, 0.3) is 0 Å². The van der Waals surface area contributed by atoms with Gasteiger partial charge in [0.25, 0.3) is 0 Å². The molecule has 0 aliphatic carbocycles. The Balaban J connectivity index is 1.58. The lowest BCUT2D eigenvalue weighted by atomic mass is 9.76. The molecule has 8 nitrogen and oxygen atoms in total. The largest absolute Gasteiger partial charge is 0.370 e. The van der Waals surface area contributed by atoms with Gasteiger partial charge in [-0.25, -0.2) is 4.39 Å². The zero-order valence-electron chi connectivity index (χ0n) is 17.3. The van der Waals surface area contributed by atoms with Crippen molar-refractivity contribution < 1.29 is 23.6 Å². The average Bonchev–Trinajstić information content (AvgIpc) is 3.35. The summed E-state index contributed by atoms with van der Waals surface area (Å²) in [5.74, 6) is -4.31. The number of hydrogen-bond donors (Lipinski definition) is 3. The summed E-state index contributed by atoms with van der Waals surface area (Å²) in [4.78, 5) is 53.0. The number of benzene rings is 2. The average molecular weight is 471 g/mol. The number of halogens is 2. The molecular weight excluding hydrogens is 451 g/mol. The Labute approximate surface area is 193 Å². The number of amides is 4. The second-order valence-electron chi connectivity index (χ2n) is 8.57. The standard InChI is InChI=1S/C23H20ClFN4O4/c24-14-3-1-2-13-19(14)27-22(33)23(13)18-17(15(28-23)8-9-16(26)30)20(31)29(21(18)32)10-11-4-6-12(25)7-5-11/h1-7,15,17-18,28H,8-10H2,(H2,26,30)(H,27,33)/t15-,17-,18+,23+/m1/s1. The molecule has 3 aliphatic heterocycles. The number of para-hydroxylation sites is 1. The van der Waals surface area contributed by atoms with Gasteiger partial charge in [-0.15, -0.1) is 0 Å². The lowest BCUT2D eigenvalue weighted by Gasteiger charge is -2.29. The van der Waals surface area contributed by atoms with Gasteiger partial charge in [0.2, 0.25) is 23.6 Å². The Morgan fingerprint density at radius 1 is 1.12 bits per heavy atom. The van der Waals surface area contributed by atoms with Crippen LogP contribution in [0, 0.1) is 17.7 Å². The highest BCUT2D eigenvalue weighted by Crippen LogP contribution is 2.54. The van der Waals surface area contributed by atoms with Crippen LogP contribution in [0.5, 0.6) is 0 Å². The van der Waals surface area contributed by atoms with Gasteiger partial charge < -0.3 is 11.1 Å². The van der Waals surface area contributed by atoms with Gasteiger partial charge in [0.1, 0.15) is 11.4 Å². The lowest BCUT2D eigenvalue weighted by molar-refractivity contribution is -0.143. The number of imide groups is 1. The zero-order chi connectivity index (χ0) is 23.5. The molecular formula is C23H20ClFN4O4. The van der Waals surface area contributed by atoms with E-state index in [1.807, 2.05) is 0 Å². The molecule has 0 bridgehead atoms. The van der Waals surface area contributed by atoms with E-state index in [9.17, 15) is 23.6 Å². The molecule has 3 aliphatic rings. The molecule has 2 saturated heterocycles. The third-order valence-electron chi connectivity index (χ3n) is 6.75. The molecule has 3 heterocycles. The highest BCUT2D eigenvalue weighted by Gasteiger charge is 2.70. The van der Waals surface area contributed by atoms with Crippen LogP contribution >= 0.6 is 11.6 Å². The van der Waals surface area contributed by atoms with Crippen LogP contribution in [0.2, 0.25) is 5.02 Å². The van der Waals surface area contributed by atoms with Gasteiger partial charge in [-0.3, -0.25) is 29.4 Å². The first-order valence-corrected chi connectivity index (χ1v) is 10.9. The van der Waals surface area contributed by atoms with E-state index in [1.165, 1.54) is 24.3 Å². The molecule has 2 aromatic rings. The molecule has 2 aromatic carbocycles. The second-order valence-corrected chi connectivity index (χ2v) is 8.98. The fraction of sp³-hybridized carbons (Fsp3) is 0.304. The topological polar surface area (TPSA) is 122 Å². The maximum absolute atomic E-state index is 13.6. The van der Waals surface area contributed by atoms with Crippen molar-refractivity contribution in [1.82, 2.24) is 10.2 Å². The van der Waals surface area contributed by atoms with E-state index < -0.39 is 52.9 Å². The van der Waals surface area contributed by atoms with Crippen LogP contribution in [0.15, 0.2) is 42.5 Å². The number of rotatable bonds is 5. The number of nitrogens with two attached hydrogens (primary N) is 1. The molecule has 0 saturated carbocycles. The number of fused-ring (bicyclic) bond motifs is 4. The summed E-state index contributed by atoms with van der Waals surface area (Å²) in [5, 5.41) is 6.28. The summed E-state index contributed by atoms with van der Waals surface area (Å²) in [6.07, 6.45) is 0.172. The monoisotopic (exact) mass is 470 g/mol. The van der Waals surface area contributed by atoms with Crippen molar-refractivity contribution in [3.05, 3.63) is 64.4 Å². The smallest absolute Gasteiger partial charge is 0.250 e. The Kier molecular flexibility index (Phi) is 4.98. The van der Waals surface area contributed by atoms with Crippen LogP contribution in [0.1, 0.15) is 24.0 Å². The van der Waals surface area contributed by atoms with Gasteiger partial charge in [0.15, 0.2) is 0 Å². The highest BCUT2D eigenvalue weighted by molar-refractivity contribution is 6.35. The molecule has 5 rings (SSSR count). The number of nitrogens with zero attached hydrogens (tertiary/aromatic N) is 1. The number of carbonyl (C=O) groups is 4. The summed E-state index contributed by atoms with van der Waals surface area (Å²) in [6.45, 7) is -0.0480. The van der Waals surface area contributed by atoms with E-state index >= 15 is 0 Å². The molecule has 10 heteroatoms. The van der Waals surface area contributed by atoms with E-state index in [4.69, 9.17) is 17.3 Å². The second kappa shape index (κ2) is 7.64. The third-order valence-corrected chi connectivity index (χ3v) is 7.06. The van der Waals surface area contributed by atoms with Crippen molar-refractivity contribution in [2.45, 2.75) is 31.0 Å². The van der Waals surface area contributed by atoms with E-state index in [0.717, 1.165) is 4.90 Å². The predicted molar refractivity (Wildman–Crippen MR) is 116 cm³/mol. The predicted octanol–water partition coefficient (Wildman–Crippen LogP) is 1.67. The van der Waals surface area contributed by atoms with Crippen molar-refractivity contribution in [1.29, 1.82) is 0 Å². The molecule has 0 unspecified atom stereocenters. The normalized spacial score (nSPS) is 27.8. The third kappa shape index (κ3) is 3.14. The van der Waals surface area contributed by atoms with Crippen molar-refractivity contribution in [2.24, 2.45) is 17.6 Å². The Hall–Kier alpha value is -3.30. The lowest BCUT2D eigenvalue weighted by Crippen LogP contribution is -2.53. The first-order valence-electron chi connectivity index (χ1n) is 10.5. The molecule has 170 valence electrons. The summed E-state index contributed by atoms with van der Waals surface area (Å²) in [7, 11) is 0. The fourth-order valence-corrected chi connectivity index (χ4v) is 5.55. The number of carbonyl (C=O) groups excluding carboxylic acids is 4. The van der Waals surface area contributed by atoms with Crippen LogP contribution in [-0.2, 0) is 31.3 Å². The molecule has 4 amide bonds. The highest BCUT2D eigenvalue weighted by atomic mass is 35.5. The minimum atomic E-state index is -1.50. The van der Waals surface area contributed by atoms with E-state index in [2.05, 4.69) is 10.6 Å². The quantitative estimate of drug-likeness (QED) is 0.574. The molecule has 0 radical (unpaired) electrons. The Morgan fingerprint density at radius 2 is 1.85 bits per heavy atom. The summed E-state index contributed by atoms with van der Waals surface area (Å²) < 4.78 is 13.3. The van der Waals surface area contributed by atoms with Crippen molar-refractivity contribution >= 4 is 40.9 Å². The summed E-state index contributed by atoms with van der Waals surface area (Å²) in [6, 6.07) is 9.87.